The van der Waals surface area contributed by atoms with Gasteiger partial charge < -0.3 is 10.1 Å². The molecule has 1 N–H and O–H groups in total. The number of aromatic nitrogens is 1. The molecule has 0 radical (unpaired) electrons. The van der Waals surface area contributed by atoms with E-state index in [4.69, 9.17) is 16.3 Å². The molecule has 0 saturated carbocycles. The Morgan fingerprint density at radius 2 is 1.95 bits per heavy atom. The van der Waals surface area contributed by atoms with Crippen LogP contribution >= 0.6 is 11.6 Å². The highest BCUT2D eigenvalue weighted by Gasteiger charge is 2.06. The van der Waals surface area contributed by atoms with Crippen molar-refractivity contribution in [3.8, 4) is 11.6 Å². The Bertz CT molecular complexity index is 567. The molecule has 0 unspecified atom stereocenters. The number of nitrogens with zero attached hydrogens (tertiary/aromatic N) is 1. The fraction of sp³-hybridized carbons (Fsp3) is 0.312. The molecular formula is C16H19ClN2O. The minimum absolute atomic E-state index is 0.428. The van der Waals surface area contributed by atoms with Crippen LogP contribution in [0.15, 0.2) is 36.5 Å². The summed E-state index contributed by atoms with van der Waals surface area (Å²) < 4.78 is 5.68. The molecule has 2 rings (SSSR count). The van der Waals surface area contributed by atoms with Gasteiger partial charge in [0.05, 0.1) is 0 Å². The summed E-state index contributed by atoms with van der Waals surface area (Å²) in [5.41, 5.74) is 2.23. The van der Waals surface area contributed by atoms with Gasteiger partial charge in [-0.15, -0.1) is 0 Å². The van der Waals surface area contributed by atoms with Gasteiger partial charge in [-0.25, -0.2) is 4.98 Å². The summed E-state index contributed by atoms with van der Waals surface area (Å²) in [6.07, 6.45) is 1.78. The lowest BCUT2D eigenvalue weighted by Crippen LogP contribution is -2.21. The fourth-order valence-corrected chi connectivity index (χ4v) is 1.90. The number of hydrogen-bond acceptors (Lipinski definition) is 3. The van der Waals surface area contributed by atoms with Crippen molar-refractivity contribution < 1.29 is 4.74 Å². The van der Waals surface area contributed by atoms with E-state index in [2.05, 4.69) is 24.1 Å². The molecule has 1 heterocycles. The summed E-state index contributed by atoms with van der Waals surface area (Å²) in [4.78, 5) is 4.28. The average Bonchev–Trinajstić information content (AvgIpc) is 2.41. The average molecular weight is 291 g/mol. The van der Waals surface area contributed by atoms with Crippen LogP contribution in [0.4, 0.5) is 0 Å². The highest BCUT2D eigenvalue weighted by atomic mass is 35.5. The molecule has 0 aliphatic carbocycles. The lowest BCUT2D eigenvalue weighted by Gasteiger charge is -2.10. The van der Waals surface area contributed by atoms with E-state index in [1.54, 1.807) is 6.20 Å². The first-order valence-electron chi connectivity index (χ1n) is 6.67. The van der Waals surface area contributed by atoms with E-state index in [-0.39, 0.29) is 0 Å². The molecule has 0 spiro atoms. The maximum Gasteiger partial charge on any atom is 0.238 e. The van der Waals surface area contributed by atoms with E-state index in [1.807, 2.05) is 37.3 Å². The van der Waals surface area contributed by atoms with E-state index in [9.17, 15) is 0 Å². The van der Waals surface area contributed by atoms with E-state index in [1.165, 1.54) is 5.56 Å². The quantitative estimate of drug-likeness (QED) is 0.890. The summed E-state index contributed by atoms with van der Waals surface area (Å²) >= 11 is 6.21. The second-order valence-corrected chi connectivity index (χ2v) is 5.49. The number of hydrogen-bond donors (Lipinski definition) is 1. The molecule has 2 aromatic rings. The van der Waals surface area contributed by atoms with Gasteiger partial charge in [0.1, 0.15) is 10.8 Å². The minimum Gasteiger partial charge on any atom is -0.438 e. The highest BCUT2D eigenvalue weighted by Crippen LogP contribution is 2.27. The maximum atomic E-state index is 6.21. The van der Waals surface area contributed by atoms with Gasteiger partial charge in [-0.1, -0.05) is 43.1 Å². The summed E-state index contributed by atoms with van der Waals surface area (Å²) in [7, 11) is 0. The Labute approximate surface area is 124 Å². The molecule has 0 saturated heterocycles. The predicted molar refractivity (Wildman–Crippen MR) is 82.5 cm³/mol. The normalized spacial score (nSPS) is 10.8. The molecule has 0 bridgehead atoms. The van der Waals surface area contributed by atoms with Crippen LogP contribution in [-0.4, -0.2) is 11.0 Å². The summed E-state index contributed by atoms with van der Waals surface area (Å²) in [5, 5.41) is 3.85. The first kappa shape index (κ1) is 14.8. The molecule has 106 valence electrons. The molecule has 0 amide bonds. The third-order valence-corrected chi connectivity index (χ3v) is 3.08. The molecule has 0 aliphatic rings. The SMILES string of the molecule is Cc1ccc(Oc2ncc(CNC(C)C)cc2Cl)cc1. The highest BCUT2D eigenvalue weighted by molar-refractivity contribution is 6.31. The number of rotatable bonds is 5. The van der Waals surface area contributed by atoms with E-state index < -0.39 is 0 Å². The lowest BCUT2D eigenvalue weighted by molar-refractivity contribution is 0.462. The second-order valence-electron chi connectivity index (χ2n) is 5.08. The van der Waals surface area contributed by atoms with Crippen molar-refractivity contribution >= 4 is 11.6 Å². The number of nitrogens with one attached hydrogen (secondary N) is 1. The van der Waals surface area contributed by atoms with Crippen molar-refractivity contribution in [3.05, 3.63) is 52.7 Å². The molecule has 0 aliphatic heterocycles. The van der Waals surface area contributed by atoms with Crippen LogP contribution in [0, 0.1) is 6.92 Å². The number of ether oxygens (including phenoxy) is 1. The van der Waals surface area contributed by atoms with Crippen molar-refractivity contribution in [1.82, 2.24) is 10.3 Å². The zero-order valence-corrected chi connectivity index (χ0v) is 12.7. The third kappa shape index (κ3) is 4.22. The second kappa shape index (κ2) is 6.73. The maximum absolute atomic E-state index is 6.21. The van der Waals surface area contributed by atoms with Gasteiger partial charge in [-0.05, 0) is 30.7 Å². The summed E-state index contributed by atoms with van der Waals surface area (Å²) in [6.45, 7) is 6.98. The molecule has 1 aromatic heterocycles. The van der Waals surface area contributed by atoms with Crippen LogP contribution in [0.25, 0.3) is 0 Å². The number of benzene rings is 1. The zero-order valence-electron chi connectivity index (χ0n) is 12.0. The molecular weight excluding hydrogens is 272 g/mol. The van der Waals surface area contributed by atoms with Crippen molar-refractivity contribution in [2.45, 2.75) is 33.4 Å². The summed E-state index contributed by atoms with van der Waals surface area (Å²) in [5.74, 6) is 1.17. The monoisotopic (exact) mass is 290 g/mol. The van der Waals surface area contributed by atoms with Gasteiger partial charge in [-0.3, -0.25) is 0 Å². The number of aryl methyl sites for hydroxylation is 1. The zero-order chi connectivity index (χ0) is 14.5. The van der Waals surface area contributed by atoms with Gasteiger partial charge in [-0.2, -0.15) is 0 Å². The van der Waals surface area contributed by atoms with Crippen LogP contribution in [0.5, 0.6) is 11.6 Å². The predicted octanol–water partition coefficient (Wildman–Crippen LogP) is 4.33. The number of halogens is 1. The van der Waals surface area contributed by atoms with Crippen molar-refractivity contribution in [3.63, 3.8) is 0 Å². The minimum atomic E-state index is 0.428. The first-order chi connectivity index (χ1) is 9.54. The molecule has 20 heavy (non-hydrogen) atoms. The van der Waals surface area contributed by atoms with E-state index in [0.717, 1.165) is 17.9 Å². The van der Waals surface area contributed by atoms with Gasteiger partial charge in [0.25, 0.3) is 0 Å². The van der Waals surface area contributed by atoms with Crippen LogP contribution < -0.4 is 10.1 Å². The van der Waals surface area contributed by atoms with Crippen molar-refractivity contribution in [2.75, 3.05) is 0 Å². The van der Waals surface area contributed by atoms with Crippen molar-refractivity contribution in [1.29, 1.82) is 0 Å². The van der Waals surface area contributed by atoms with Crippen molar-refractivity contribution in [2.24, 2.45) is 0 Å². The Hall–Kier alpha value is -1.58. The van der Waals surface area contributed by atoms with Crippen LogP contribution in [0.2, 0.25) is 5.02 Å². The van der Waals surface area contributed by atoms with Crippen LogP contribution in [-0.2, 0) is 6.54 Å². The molecule has 0 atom stereocenters. The third-order valence-electron chi connectivity index (χ3n) is 2.81. The molecule has 4 heteroatoms. The topological polar surface area (TPSA) is 34.1 Å². The first-order valence-corrected chi connectivity index (χ1v) is 7.04. The van der Waals surface area contributed by atoms with Gasteiger partial charge >= 0.3 is 0 Å². The Balaban J connectivity index is 2.07. The van der Waals surface area contributed by atoms with Gasteiger partial charge in [0.2, 0.25) is 5.88 Å². The van der Waals surface area contributed by atoms with Crippen LogP contribution in [0.3, 0.4) is 0 Å². The van der Waals surface area contributed by atoms with E-state index >= 15 is 0 Å². The Morgan fingerprint density at radius 3 is 2.55 bits per heavy atom. The largest absolute Gasteiger partial charge is 0.438 e. The smallest absolute Gasteiger partial charge is 0.238 e. The Kier molecular flexibility index (Phi) is 4.99. The summed E-state index contributed by atoms with van der Waals surface area (Å²) in [6, 6.07) is 10.1. The molecule has 1 aromatic carbocycles. The van der Waals surface area contributed by atoms with Gasteiger partial charge in [0.15, 0.2) is 0 Å². The fourth-order valence-electron chi connectivity index (χ4n) is 1.68. The molecule has 0 fully saturated rings. The Morgan fingerprint density at radius 1 is 1.25 bits per heavy atom. The standard InChI is InChI=1S/C16H19ClN2O/c1-11(2)18-9-13-8-15(17)16(19-10-13)20-14-6-4-12(3)5-7-14/h4-8,10-11,18H,9H2,1-3H3. The van der Waals surface area contributed by atoms with Crippen LogP contribution in [0.1, 0.15) is 25.0 Å². The molecule has 3 nitrogen and oxygen atoms in total. The number of pyridine rings is 1. The van der Waals surface area contributed by atoms with Gasteiger partial charge in [0, 0.05) is 18.8 Å². The lowest BCUT2D eigenvalue weighted by atomic mass is 10.2. The van der Waals surface area contributed by atoms with E-state index in [0.29, 0.717) is 16.9 Å².